The second-order valence-corrected chi connectivity index (χ2v) is 5.87. The molecule has 1 saturated heterocycles. The van der Waals surface area contributed by atoms with Gasteiger partial charge in [-0.1, -0.05) is 0 Å². The minimum atomic E-state index is 0.395. The molecule has 0 unspecified atom stereocenters. The molecule has 27 heavy (non-hydrogen) atoms. The molecule has 0 saturated carbocycles. The molecule has 0 spiro atoms. The highest BCUT2D eigenvalue weighted by Crippen LogP contribution is 1.93. The van der Waals surface area contributed by atoms with Crippen molar-refractivity contribution < 1.29 is 33.3 Å². The van der Waals surface area contributed by atoms with Crippen molar-refractivity contribution in [3.63, 3.8) is 0 Å². The maximum absolute atomic E-state index is 11.2. The van der Waals surface area contributed by atoms with E-state index in [2.05, 4.69) is 0 Å². The van der Waals surface area contributed by atoms with Crippen LogP contribution in [0.2, 0.25) is 0 Å². The third-order valence-corrected chi connectivity index (χ3v) is 3.96. The minimum absolute atomic E-state index is 0.395. The van der Waals surface area contributed by atoms with Crippen molar-refractivity contribution in [2.45, 2.75) is 0 Å². The summed E-state index contributed by atoms with van der Waals surface area (Å²) in [6.45, 7) is 6.04. The number of nitrogens with zero attached hydrogens (tertiary/aromatic N) is 3. The smallest absolute Gasteiger partial charge is 0.209 e. The van der Waals surface area contributed by atoms with E-state index >= 15 is 0 Å². The molecular formula is C17H31N3O7. The van der Waals surface area contributed by atoms with Crippen LogP contribution in [0.5, 0.6) is 0 Å². The van der Waals surface area contributed by atoms with E-state index in [9.17, 15) is 14.4 Å². The average Bonchev–Trinajstić information content (AvgIpc) is 2.69. The van der Waals surface area contributed by atoms with Gasteiger partial charge in [0.05, 0.1) is 52.9 Å². The van der Waals surface area contributed by atoms with Gasteiger partial charge in [0.1, 0.15) is 0 Å². The van der Waals surface area contributed by atoms with Gasteiger partial charge in [-0.15, -0.1) is 0 Å². The van der Waals surface area contributed by atoms with Gasteiger partial charge in [-0.25, -0.2) is 0 Å². The topological polar surface area (TPSA) is 97.8 Å². The number of ether oxygens (including phenoxy) is 4. The number of hydrogen-bond donors (Lipinski definition) is 0. The predicted octanol–water partition coefficient (Wildman–Crippen LogP) is -1.56. The van der Waals surface area contributed by atoms with Crippen molar-refractivity contribution in [2.75, 3.05) is 92.1 Å². The molecule has 3 amide bonds. The van der Waals surface area contributed by atoms with Crippen LogP contribution in [0.4, 0.5) is 0 Å². The molecule has 0 aromatic carbocycles. The molecule has 10 nitrogen and oxygen atoms in total. The van der Waals surface area contributed by atoms with Gasteiger partial charge in [0.15, 0.2) is 0 Å². The Morgan fingerprint density at radius 2 is 0.667 bits per heavy atom. The first-order valence-corrected chi connectivity index (χ1v) is 9.19. The second kappa shape index (κ2) is 16.4. The van der Waals surface area contributed by atoms with Crippen molar-refractivity contribution in [1.82, 2.24) is 14.7 Å². The summed E-state index contributed by atoms with van der Waals surface area (Å²) in [5.74, 6) is 0. The molecule has 10 heteroatoms. The summed E-state index contributed by atoms with van der Waals surface area (Å²) < 4.78 is 21.6. The number of carbonyl (C=O) groups excluding carboxylic acids is 3. The van der Waals surface area contributed by atoms with Crippen LogP contribution in [0.3, 0.4) is 0 Å². The SMILES string of the molecule is O=CN1CCOCCOCCOCCOCCN(C=O)CCN(C=O)CC1. The van der Waals surface area contributed by atoms with Gasteiger partial charge in [-0.05, 0) is 0 Å². The molecular weight excluding hydrogens is 358 g/mol. The van der Waals surface area contributed by atoms with Crippen LogP contribution >= 0.6 is 0 Å². The largest absolute Gasteiger partial charge is 0.377 e. The normalized spacial score (nSPS) is 21.1. The Hall–Kier alpha value is -1.75. The lowest BCUT2D eigenvalue weighted by atomic mass is 10.4. The number of amides is 3. The molecule has 1 heterocycles. The molecule has 0 N–H and O–H groups in total. The Bertz CT molecular complexity index is 369. The zero-order chi connectivity index (χ0) is 19.6. The van der Waals surface area contributed by atoms with Gasteiger partial charge in [0.2, 0.25) is 19.2 Å². The third kappa shape index (κ3) is 12.3. The lowest BCUT2D eigenvalue weighted by molar-refractivity contribution is -0.123. The van der Waals surface area contributed by atoms with Crippen LogP contribution < -0.4 is 0 Å². The van der Waals surface area contributed by atoms with E-state index in [0.717, 1.165) is 19.2 Å². The van der Waals surface area contributed by atoms with Crippen LogP contribution in [0, 0.1) is 0 Å². The Labute approximate surface area is 160 Å². The fourth-order valence-corrected chi connectivity index (χ4v) is 2.29. The van der Waals surface area contributed by atoms with Crippen molar-refractivity contribution in [1.29, 1.82) is 0 Å². The van der Waals surface area contributed by atoms with E-state index in [0.29, 0.717) is 92.1 Å². The first-order chi connectivity index (χ1) is 13.3. The molecule has 0 aromatic heterocycles. The monoisotopic (exact) mass is 389 g/mol. The standard InChI is InChI=1S/C17H31N3O7/c21-15-18-1-3-19(16-22)5-7-24-9-11-26-13-14-27-12-10-25-8-6-20(17-23)4-2-18/h15-17H,1-14H2. The van der Waals surface area contributed by atoms with Gasteiger partial charge >= 0.3 is 0 Å². The fraction of sp³-hybridized carbons (Fsp3) is 0.824. The van der Waals surface area contributed by atoms with Gasteiger partial charge in [0.25, 0.3) is 0 Å². The zero-order valence-corrected chi connectivity index (χ0v) is 15.8. The second-order valence-electron chi connectivity index (χ2n) is 5.87. The maximum atomic E-state index is 11.2. The molecule has 0 radical (unpaired) electrons. The first-order valence-electron chi connectivity index (χ1n) is 9.19. The Kier molecular flexibility index (Phi) is 14.2. The van der Waals surface area contributed by atoms with Crippen molar-refractivity contribution in [3.8, 4) is 0 Å². The molecule has 1 aliphatic heterocycles. The number of carbonyl (C=O) groups is 3. The molecule has 0 bridgehead atoms. The minimum Gasteiger partial charge on any atom is -0.377 e. The molecule has 1 rings (SSSR count). The molecule has 1 fully saturated rings. The third-order valence-electron chi connectivity index (χ3n) is 3.96. The van der Waals surface area contributed by atoms with Crippen LogP contribution in [0.25, 0.3) is 0 Å². The molecule has 0 atom stereocenters. The van der Waals surface area contributed by atoms with Crippen molar-refractivity contribution in [2.24, 2.45) is 0 Å². The molecule has 0 aromatic rings. The van der Waals surface area contributed by atoms with E-state index in [1.807, 2.05) is 0 Å². The molecule has 0 aliphatic carbocycles. The highest BCUT2D eigenvalue weighted by Gasteiger charge is 2.09. The predicted molar refractivity (Wildman–Crippen MR) is 96.2 cm³/mol. The van der Waals surface area contributed by atoms with Gasteiger partial charge < -0.3 is 33.6 Å². The molecule has 156 valence electrons. The lowest BCUT2D eigenvalue weighted by Crippen LogP contribution is -2.40. The maximum Gasteiger partial charge on any atom is 0.209 e. The van der Waals surface area contributed by atoms with E-state index in [-0.39, 0.29) is 0 Å². The first kappa shape index (κ1) is 23.3. The average molecular weight is 389 g/mol. The summed E-state index contributed by atoms with van der Waals surface area (Å²) in [6, 6.07) is 0. The van der Waals surface area contributed by atoms with Gasteiger partial charge in [0, 0.05) is 39.3 Å². The van der Waals surface area contributed by atoms with Crippen molar-refractivity contribution in [3.05, 3.63) is 0 Å². The van der Waals surface area contributed by atoms with Crippen LogP contribution in [0.1, 0.15) is 0 Å². The van der Waals surface area contributed by atoms with Gasteiger partial charge in [-0.3, -0.25) is 14.4 Å². The number of hydrogen-bond acceptors (Lipinski definition) is 7. The fourth-order valence-electron chi connectivity index (χ4n) is 2.29. The van der Waals surface area contributed by atoms with E-state index < -0.39 is 0 Å². The van der Waals surface area contributed by atoms with Crippen LogP contribution in [-0.4, -0.2) is 126 Å². The highest BCUT2D eigenvalue weighted by atomic mass is 16.6. The summed E-state index contributed by atoms with van der Waals surface area (Å²) in [6.07, 6.45) is 2.21. The summed E-state index contributed by atoms with van der Waals surface area (Å²) in [7, 11) is 0. The summed E-state index contributed by atoms with van der Waals surface area (Å²) in [4.78, 5) is 38.1. The molecule has 1 aliphatic rings. The van der Waals surface area contributed by atoms with Crippen LogP contribution in [-0.2, 0) is 33.3 Å². The van der Waals surface area contributed by atoms with Crippen LogP contribution in [0.15, 0.2) is 0 Å². The Morgan fingerprint density at radius 1 is 0.407 bits per heavy atom. The summed E-state index contributed by atoms with van der Waals surface area (Å²) >= 11 is 0. The van der Waals surface area contributed by atoms with E-state index in [1.54, 1.807) is 14.7 Å². The Morgan fingerprint density at radius 3 is 0.963 bits per heavy atom. The zero-order valence-electron chi connectivity index (χ0n) is 15.8. The van der Waals surface area contributed by atoms with E-state index in [1.165, 1.54) is 0 Å². The summed E-state index contributed by atoms with van der Waals surface area (Å²) in [5.41, 5.74) is 0. The number of rotatable bonds is 3. The Balaban J connectivity index is 2.45. The highest BCUT2D eigenvalue weighted by molar-refractivity contribution is 5.49. The summed E-state index contributed by atoms with van der Waals surface area (Å²) in [5, 5.41) is 0. The van der Waals surface area contributed by atoms with Crippen molar-refractivity contribution >= 4 is 19.2 Å². The van der Waals surface area contributed by atoms with E-state index in [4.69, 9.17) is 18.9 Å². The quantitative estimate of drug-likeness (QED) is 0.539. The lowest BCUT2D eigenvalue weighted by Gasteiger charge is -2.25. The van der Waals surface area contributed by atoms with Gasteiger partial charge in [-0.2, -0.15) is 0 Å².